The third-order valence-electron chi connectivity index (χ3n) is 4.64. The second-order valence-electron chi connectivity index (χ2n) is 6.43. The van der Waals surface area contributed by atoms with E-state index in [2.05, 4.69) is 40.2 Å². The number of hydrogen-bond donors (Lipinski definition) is 1. The van der Waals surface area contributed by atoms with Gasteiger partial charge in [0, 0.05) is 12.4 Å². The van der Waals surface area contributed by atoms with Gasteiger partial charge in [-0.3, -0.25) is 14.9 Å². The van der Waals surface area contributed by atoms with Crippen molar-refractivity contribution in [3.05, 3.63) is 55.0 Å². The Balaban J connectivity index is 2.31. The van der Waals surface area contributed by atoms with Crippen molar-refractivity contribution in [2.24, 2.45) is 10.7 Å². The minimum Gasteiger partial charge on any atom is -0.330 e. The predicted octanol–water partition coefficient (Wildman–Crippen LogP) is 3.88. The summed E-state index contributed by atoms with van der Waals surface area (Å²) in [6, 6.07) is 6.78. The first-order chi connectivity index (χ1) is 11.7. The monoisotopic (exact) mass is 326 g/mol. The molecule has 0 saturated carbocycles. The van der Waals surface area contributed by atoms with Gasteiger partial charge >= 0.3 is 0 Å². The van der Waals surface area contributed by atoms with Crippen LogP contribution in [0.3, 0.4) is 0 Å². The van der Waals surface area contributed by atoms with E-state index in [9.17, 15) is 0 Å². The van der Waals surface area contributed by atoms with Crippen molar-refractivity contribution < 1.29 is 0 Å². The quantitative estimate of drug-likeness (QED) is 0.583. The van der Waals surface area contributed by atoms with Gasteiger partial charge in [0.25, 0.3) is 0 Å². The number of likely N-dealkylation sites (tertiary alicyclic amines) is 1. The number of nitrogens with zero attached hydrogens (tertiary/aromatic N) is 3. The third kappa shape index (κ3) is 4.62. The molecule has 4 nitrogen and oxygen atoms in total. The minimum atomic E-state index is 0.277. The Labute approximate surface area is 146 Å². The maximum Gasteiger partial charge on any atom is 0.0598 e. The lowest BCUT2D eigenvalue weighted by molar-refractivity contribution is 0.113. The number of piperidine rings is 1. The van der Waals surface area contributed by atoms with Crippen LogP contribution in [0.4, 0.5) is 0 Å². The van der Waals surface area contributed by atoms with Crippen LogP contribution in [-0.2, 0) is 0 Å². The lowest BCUT2D eigenvalue weighted by Crippen LogP contribution is -2.47. The van der Waals surface area contributed by atoms with E-state index in [0.717, 1.165) is 55.8 Å². The van der Waals surface area contributed by atoms with Gasteiger partial charge < -0.3 is 5.73 Å². The smallest absolute Gasteiger partial charge is 0.0598 e. The zero-order valence-corrected chi connectivity index (χ0v) is 14.8. The fourth-order valence-corrected chi connectivity index (χ4v) is 3.57. The highest BCUT2D eigenvalue weighted by Gasteiger charge is 2.34. The summed E-state index contributed by atoms with van der Waals surface area (Å²) in [4.78, 5) is 11.7. The van der Waals surface area contributed by atoms with Crippen molar-refractivity contribution in [3.63, 3.8) is 0 Å². The first-order valence-corrected chi connectivity index (χ1v) is 8.90. The summed E-state index contributed by atoms with van der Waals surface area (Å²) in [6.07, 6.45) is 9.05. The van der Waals surface area contributed by atoms with E-state index in [-0.39, 0.29) is 6.04 Å². The normalized spacial score (nSPS) is 22.3. The van der Waals surface area contributed by atoms with Gasteiger partial charge in [-0.05, 0) is 69.8 Å². The molecular formula is C20H30N4. The number of nitrogens with two attached hydrogens (primary N) is 1. The topological polar surface area (TPSA) is 54.5 Å². The largest absolute Gasteiger partial charge is 0.330 e. The Morgan fingerprint density at radius 2 is 2.25 bits per heavy atom. The summed E-state index contributed by atoms with van der Waals surface area (Å²) in [5.74, 6) is 0. The zero-order valence-electron chi connectivity index (χ0n) is 14.8. The average molecular weight is 326 g/mol. The Kier molecular flexibility index (Phi) is 7.35. The number of aromatic nitrogens is 1. The summed E-state index contributed by atoms with van der Waals surface area (Å²) in [7, 11) is 0. The SMILES string of the molecule is C=CN=C(C(=C)C)C1CCCC(c2ccccn2)N1CCCCN. The Morgan fingerprint density at radius 1 is 1.42 bits per heavy atom. The van der Waals surface area contributed by atoms with Gasteiger partial charge in [-0.2, -0.15) is 0 Å². The number of unbranched alkanes of at least 4 members (excludes halogenated alkanes) is 1. The fourth-order valence-electron chi connectivity index (χ4n) is 3.57. The molecule has 0 spiro atoms. The van der Waals surface area contributed by atoms with Gasteiger partial charge in [-0.1, -0.05) is 19.2 Å². The van der Waals surface area contributed by atoms with Crippen molar-refractivity contribution in [2.45, 2.75) is 51.1 Å². The Bertz CT molecular complexity index is 564. The molecule has 0 aromatic carbocycles. The molecule has 1 fully saturated rings. The van der Waals surface area contributed by atoms with E-state index in [4.69, 9.17) is 5.73 Å². The van der Waals surface area contributed by atoms with Crippen LogP contribution in [0.15, 0.2) is 54.3 Å². The molecule has 1 saturated heterocycles. The van der Waals surface area contributed by atoms with Gasteiger partial charge in [0.1, 0.15) is 0 Å². The Morgan fingerprint density at radius 3 is 2.88 bits per heavy atom. The minimum absolute atomic E-state index is 0.277. The van der Waals surface area contributed by atoms with Gasteiger partial charge in [0.2, 0.25) is 0 Å². The van der Waals surface area contributed by atoms with Crippen LogP contribution in [-0.4, -0.2) is 34.7 Å². The summed E-state index contributed by atoms with van der Waals surface area (Å²) in [5, 5.41) is 0. The van der Waals surface area contributed by atoms with Crippen LogP contribution < -0.4 is 5.73 Å². The van der Waals surface area contributed by atoms with Gasteiger partial charge in [-0.15, -0.1) is 0 Å². The number of pyridine rings is 1. The number of aliphatic imine (C=N–C) groups is 1. The maximum atomic E-state index is 5.70. The van der Waals surface area contributed by atoms with Crippen LogP contribution in [0.1, 0.15) is 50.8 Å². The molecule has 1 aromatic heterocycles. The molecule has 1 aliphatic heterocycles. The molecule has 24 heavy (non-hydrogen) atoms. The standard InChI is InChI=1S/C20H30N4/c1-4-22-20(16(2)3)19-12-9-11-18(17-10-5-7-14-23-17)24(19)15-8-6-13-21/h4-5,7,10,14,18-19H,1-2,6,8-9,11-13,15,21H2,3H3. The summed E-state index contributed by atoms with van der Waals surface area (Å²) in [6.45, 7) is 11.7. The highest BCUT2D eigenvalue weighted by Crippen LogP contribution is 2.35. The second-order valence-corrected chi connectivity index (χ2v) is 6.43. The molecule has 2 N–H and O–H groups in total. The average Bonchev–Trinajstić information content (AvgIpc) is 2.60. The van der Waals surface area contributed by atoms with Crippen LogP contribution in [0.5, 0.6) is 0 Å². The molecule has 0 amide bonds. The maximum absolute atomic E-state index is 5.70. The van der Waals surface area contributed by atoms with Crippen molar-refractivity contribution in [1.29, 1.82) is 0 Å². The molecule has 2 rings (SSSR count). The first-order valence-electron chi connectivity index (χ1n) is 8.90. The highest BCUT2D eigenvalue weighted by atomic mass is 15.2. The third-order valence-corrected chi connectivity index (χ3v) is 4.64. The van der Waals surface area contributed by atoms with Crippen molar-refractivity contribution in [1.82, 2.24) is 9.88 Å². The zero-order chi connectivity index (χ0) is 17.4. The van der Waals surface area contributed by atoms with Crippen LogP contribution in [0.25, 0.3) is 0 Å². The van der Waals surface area contributed by atoms with Gasteiger partial charge in [-0.25, -0.2) is 0 Å². The molecule has 0 aliphatic carbocycles. The molecule has 2 unspecified atom stereocenters. The fraction of sp³-hybridized carbons (Fsp3) is 0.500. The van der Waals surface area contributed by atoms with E-state index in [1.54, 1.807) is 6.20 Å². The summed E-state index contributed by atoms with van der Waals surface area (Å²) in [5.41, 5.74) is 8.92. The van der Waals surface area contributed by atoms with Gasteiger partial charge in [0.15, 0.2) is 0 Å². The highest BCUT2D eigenvalue weighted by molar-refractivity contribution is 6.03. The van der Waals surface area contributed by atoms with Crippen molar-refractivity contribution in [3.8, 4) is 0 Å². The predicted molar refractivity (Wildman–Crippen MR) is 102 cm³/mol. The van der Waals surface area contributed by atoms with Crippen molar-refractivity contribution in [2.75, 3.05) is 13.1 Å². The van der Waals surface area contributed by atoms with Crippen LogP contribution in [0, 0.1) is 0 Å². The van der Waals surface area contributed by atoms with E-state index < -0.39 is 0 Å². The second kappa shape index (κ2) is 9.50. The summed E-state index contributed by atoms with van der Waals surface area (Å²) >= 11 is 0. The molecule has 1 aromatic rings. The van der Waals surface area contributed by atoms with E-state index >= 15 is 0 Å². The lowest BCUT2D eigenvalue weighted by Gasteiger charge is -2.42. The molecule has 130 valence electrons. The molecular weight excluding hydrogens is 296 g/mol. The molecule has 1 aliphatic rings. The van der Waals surface area contributed by atoms with Crippen molar-refractivity contribution >= 4 is 5.71 Å². The van der Waals surface area contributed by atoms with E-state index in [0.29, 0.717) is 6.04 Å². The lowest BCUT2D eigenvalue weighted by atomic mass is 9.88. The molecule has 0 radical (unpaired) electrons. The number of rotatable bonds is 8. The molecule has 4 heteroatoms. The first kappa shape index (κ1) is 18.6. The molecule has 2 atom stereocenters. The van der Waals surface area contributed by atoms with Gasteiger partial charge in [0.05, 0.1) is 23.5 Å². The summed E-state index contributed by atoms with van der Waals surface area (Å²) < 4.78 is 0. The van der Waals surface area contributed by atoms with Crippen LogP contribution >= 0.6 is 0 Å². The Hall–Kier alpha value is -1.78. The molecule has 0 bridgehead atoms. The number of hydrogen-bond acceptors (Lipinski definition) is 4. The van der Waals surface area contributed by atoms with Crippen LogP contribution in [0.2, 0.25) is 0 Å². The van der Waals surface area contributed by atoms with E-state index in [1.165, 1.54) is 6.42 Å². The molecule has 2 heterocycles. The van der Waals surface area contributed by atoms with E-state index in [1.807, 2.05) is 19.2 Å².